The summed E-state index contributed by atoms with van der Waals surface area (Å²) in [4.78, 5) is 22.9. The number of hydrogen-bond donors (Lipinski definition) is 2. The highest BCUT2D eigenvalue weighted by Crippen LogP contribution is 2.28. The summed E-state index contributed by atoms with van der Waals surface area (Å²) in [5.41, 5.74) is 1.65. The van der Waals surface area contributed by atoms with Gasteiger partial charge in [0, 0.05) is 11.6 Å². The molecule has 2 N–H and O–H groups in total. The summed E-state index contributed by atoms with van der Waals surface area (Å²) in [6.45, 7) is 0.381. The number of methoxy groups -OCH3 is 1. The van der Waals surface area contributed by atoms with E-state index in [0.29, 0.717) is 23.6 Å². The Morgan fingerprint density at radius 3 is 2.55 bits per heavy atom. The maximum Gasteiger partial charge on any atom is 0.273 e. The van der Waals surface area contributed by atoms with Gasteiger partial charge in [-0.2, -0.15) is 0 Å². The predicted octanol–water partition coefficient (Wildman–Crippen LogP) is 4.31. The molecule has 0 aliphatic rings. The normalized spacial score (nSPS) is 10.1. The third-order valence-electron chi connectivity index (χ3n) is 4.22. The molecule has 0 fully saturated rings. The van der Waals surface area contributed by atoms with E-state index in [1.807, 2.05) is 30.3 Å². The minimum absolute atomic E-state index is 0.0211. The smallest absolute Gasteiger partial charge is 0.273 e. The summed E-state index contributed by atoms with van der Waals surface area (Å²) >= 11 is 5.19. The summed E-state index contributed by atoms with van der Waals surface area (Å²) in [6.07, 6.45) is 0. The average Bonchev–Trinajstić information content (AvgIpc) is 2.78. The van der Waals surface area contributed by atoms with E-state index in [4.69, 9.17) is 21.7 Å². The van der Waals surface area contributed by atoms with Crippen LogP contribution in [-0.2, 0) is 6.61 Å². The molecular weight excluding hydrogens is 418 g/mol. The number of non-ortho nitro benzene ring substituents is 1. The molecule has 3 aromatic carbocycles. The lowest BCUT2D eigenvalue weighted by Crippen LogP contribution is -2.34. The van der Waals surface area contributed by atoms with Gasteiger partial charge < -0.3 is 14.8 Å². The zero-order valence-corrected chi connectivity index (χ0v) is 17.3. The average molecular weight is 437 g/mol. The first kappa shape index (κ1) is 21.7. The molecule has 3 aromatic rings. The van der Waals surface area contributed by atoms with Crippen LogP contribution in [0.3, 0.4) is 0 Å². The zero-order chi connectivity index (χ0) is 22.2. The van der Waals surface area contributed by atoms with Crippen LogP contribution in [0.2, 0.25) is 0 Å². The molecule has 31 heavy (non-hydrogen) atoms. The van der Waals surface area contributed by atoms with E-state index in [1.165, 1.54) is 25.3 Å². The van der Waals surface area contributed by atoms with Crippen molar-refractivity contribution in [1.82, 2.24) is 5.32 Å². The number of nitro groups is 1. The number of nitrogens with one attached hydrogen (secondary N) is 2. The van der Waals surface area contributed by atoms with Crippen LogP contribution in [0.15, 0.2) is 72.8 Å². The number of anilines is 1. The Labute approximate surface area is 184 Å². The van der Waals surface area contributed by atoms with Crippen LogP contribution in [0.5, 0.6) is 11.5 Å². The second kappa shape index (κ2) is 10.2. The van der Waals surface area contributed by atoms with Crippen LogP contribution < -0.4 is 20.1 Å². The molecule has 0 bridgehead atoms. The van der Waals surface area contributed by atoms with Gasteiger partial charge in [-0.15, -0.1) is 0 Å². The van der Waals surface area contributed by atoms with E-state index in [0.717, 1.165) is 5.56 Å². The van der Waals surface area contributed by atoms with Crippen LogP contribution in [0.4, 0.5) is 11.4 Å². The molecule has 0 unspecified atom stereocenters. The Bertz CT molecular complexity index is 1110. The molecule has 158 valence electrons. The summed E-state index contributed by atoms with van der Waals surface area (Å²) in [5, 5.41) is 16.3. The fourth-order valence-electron chi connectivity index (χ4n) is 2.69. The predicted molar refractivity (Wildman–Crippen MR) is 121 cm³/mol. The molecule has 9 heteroatoms. The van der Waals surface area contributed by atoms with Gasteiger partial charge in [0.2, 0.25) is 0 Å². The van der Waals surface area contributed by atoms with Crippen molar-refractivity contribution in [1.29, 1.82) is 0 Å². The van der Waals surface area contributed by atoms with Crippen LogP contribution >= 0.6 is 12.2 Å². The number of amides is 1. The fraction of sp³-hybridized carbons (Fsp3) is 0.0909. The van der Waals surface area contributed by atoms with Crippen molar-refractivity contribution in [2.45, 2.75) is 6.61 Å². The monoisotopic (exact) mass is 437 g/mol. The molecule has 0 atom stereocenters. The van der Waals surface area contributed by atoms with Gasteiger partial charge in [-0.3, -0.25) is 20.2 Å². The third kappa shape index (κ3) is 6.00. The standard InChI is InChI=1S/C22H19N3O5S/c1-29-20-13-17(25(27)28)10-11-19(20)23-22(31)24-21(26)16-8-5-9-18(12-16)30-14-15-6-3-2-4-7-15/h2-13H,14H2,1H3,(H2,23,24,26,31). The minimum Gasteiger partial charge on any atom is -0.494 e. The number of rotatable bonds is 7. The Morgan fingerprint density at radius 2 is 1.84 bits per heavy atom. The van der Waals surface area contributed by atoms with Crippen LogP contribution in [-0.4, -0.2) is 23.1 Å². The Balaban J connectivity index is 1.62. The summed E-state index contributed by atoms with van der Waals surface area (Å²) < 4.78 is 10.9. The molecule has 1 amide bonds. The molecule has 0 radical (unpaired) electrons. The van der Waals surface area contributed by atoms with Gasteiger partial charge in [-0.25, -0.2) is 0 Å². The first-order valence-corrected chi connectivity index (χ1v) is 9.58. The molecule has 0 heterocycles. The molecule has 3 rings (SSSR count). The van der Waals surface area contributed by atoms with Crippen LogP contribution in [0.25, 0.3) is 0 Å². The lowest BCUT2D eigenvalue weighted by molar-refractivity contribution is -0.384. The van der Waals surface area contributed by atoms with E-state index in [-0.39, 0.29) is 16.5 Å². The minimum atomic E-state index is -0.529. The summed E-state index contributed by atoms with van der Waals surface area (Å²) in [5.74, 6) is 0.345. The first-order valence-electron chi connectivity index (χ1n) is 9.18. The van der Waals surface area contributed by atoms with E-state index in [2.05, 4.69) is 10.6 Å². The number of thiocarbonyl (C=S) groups is 1. The van der Waals surface area contributed by atoms with Gasteiger partial charge in [0.25, 0.3) is 11.6 Å². The number of carbonyl (C=O) groups excluding carboxylic acids is 1. The number of carbonyl (C=O) groups is 1. The van der Waals surface area contributed by atoms with Crippen molar-refractivity contribution in [3.8, 4) is 11.5 Å². The van der Waals surface area contributed by atoms with E-state index in [1.54, 1.807) is 24.3 Å². The second-order valence-corrected chi connectivity index (χ2v) is 6.76. The van der Waals surface area contributed by atoms with Gasteiger partial charge in [0.1, 0.15) is 18.1 Å². The highest BCUT2D eigenvalue weighted by molar-refractivity contribution is 7.80. The first-order chi connectivity index (χ1) is 15.0. The maximum absolute atomic E-state index is 12.6. The molecule has 0 aromatic heterocycles. The molecule has 0 aliphatic heterocycles. The Hall–Kier alpha value is -3.98. The van der Waals surface area contributed by atoms with Crippen molar-refractivity contribution in [2.75, 3.05) is 12.4 Å². The Kier molecular flexibility index (Phi) is 7.13. The number of hydrogen-bond acceptors (Lipinski definition) is 6. The zero-order valence-electron chi connectivity index (χ0n) is 16.5. The lowest BCUT2D eigenvalue weighted by atomic mass is 10.2. The largest absolute Gasteiger partial charge is 0.494 e. The number of benzene rings is 3. The quantitative estimate of drug-likeness (QED) is 0.323. The van der Waals surface area contributed by atoms with Gasteiger partial charge in [-0.1, -0.05) is 36.4 Å². The molecule has 0 saturated carbocycles. The molecule has 0 saturated heterocycles. The van der Waals surface area contributed by atoms with Crippen molar-refractivity contribution in [2.24, 2.45) is 0 Å². The van der Waals surface area contributed by atoms with Gasteiger partial charge in [-0.05, 0) is 42.0 Å². The molecule has 8 nitrogen and oxygen atoms in total. The van der Waals surface area contributed by atoms with Crippen LogP contribution in [0.1, 0.15) is 15.9 Å². The highest BCUT2D eigenvalue weighted by Gasteiger charge is 2.14. The fourth-order valence-corrected chi connectivity index (χ4v) is 2.90. The number of nitro benzene ring substituents is 1. The number of nitrogens with zero attached hydrogens (tertiary/aromatic N) is 1. The lowest BCUT2D eigenvalue weighted by Gasteiger charge is -2.13. The van der Waals surface area contributed by atoms with Crippen LogP contribution in [0, 0.1) is 10.1 Å². The Morgan fingerprint density at radius 1 is 1.06 bits per heavy atom. The molecular formula is C22H19N3O5S. The SMILES string of the molecule is COc1cc([N+](=O)[O-])ccc1NC(=S)NC(=O)c1cccc(OCc2ccccc2)c1. The van der Waals surface area contributed by atoms with E-state index < -0.39 is 10.8 Å². The number of ether oxygens (including phenoxy) is 2. The highest BCUT2D eigenvalue weighted by atomic mass is 32.1. The van der Waals surface area contributed by atoms with E-state index >= 15 is 0 Å². The van der Waals surface area contributed by atoms with Crippen molar-refractivity contribution < 1.29 is 19.2 Å². The second-order valence-electron chi connectivity index (χ2n) is 6.35. The van der Waals surface area contributed by atoms with Crippen molar-refractivity contribution in [3.05, 3.63) is 94.0 Å². The van der Waals surface area contributed by atoms with Gasteiger partial charge >= 0.3 is 0 Å². The van der Waals surface area contributed by atoms with Gasteiger partial charge in [0.05, 0.1) is 23.8 Å². The summed E-state index contributed by atoms with van der Waals surface area (Å²) in [6, 6.07) is 20.4. The van der Waals surface area contributed by atoms with Gasteiger partial charge in [0.15, 0.2) is 5.11 Å². The molecule has 0 spiro atoms. The third-order valence-corrected chi connectivity index (χ3v) is 4.42. The van der Waals surface area contributed by atoms with Crippen molar-refractivity contribution >= 4 is 34.6 Å². The van der Waals surface area contributed by atoms with Crippen molar-refractivity contribution in [3.63, 3.8) is 0 Å². The topological polar surface area (TPSA) is 103 Å². The molecule has 0 aliphatic carbocycles. The maximum atomic E-state index is 12.6. The van der Waals surface area contributed by atoms with E-state index in [9.17, 15) is 14.9 Å². The summed E-state index contributed by atoms with van der Waals surface area (Å²) in [7, 11) is 1.38.